The van der Waals surface area contributed by atoms with Crippen molar-refractivity contribution in [3.8, 4) is 0 Å². The fraction of sp³-hybridized carbons (Fsp3) is 0.250. The highest BCUT2D eigenvalue weighted by Gasteiger charge is 2.16. The maximum Gasteiger partial charge on any atom is 0.251 e. The molecule has 0 aliphatic heterocycles. The first kappa shape index (κ1) is 11.3. The maximum absolute atomic E-state index is 13.2. The van der Waals surface area contributed by atoms with Crippen molar-refractivity contribution in [1.29, 1.82) is 0 Å². The predicted molar refractivity (Wildman–Crippen MR) is 50.3 cm³/mol. The summed E-state index contributed by atoms with van der Waals surface area (Å²) in [6, 6.07) is -0.145. The fourth-order valence-corrected chi connectivity index (χ4v) is 1.17. The number of rotatable bonds is 3. The number of aromatic amines is 1. The predicted octanol–water partition coefficient (Wildman–Crippen LogP) is 1.19. The van der Waals surface area contributed by atoms with Gasteiger partial charge < -0.3 is 5.32 Å². The Morgan fingerprint density at radius 2 is 2.06 bits per heavy atom. The summed E-state index contributed by atoms with van der Waals surface area (Å²) in [7, 11) is 0. The molecule has 1 unspecified atom stereocenters. The molecule has 0 saturated heterocycles. The van der Waals surface area contributed by atoms with Crippen LogP contribution >= 0.6 is 0 Å². The molecule has 0 aliphatic carbocycles. The zero-order valence-electron chi connectivity index (χ0n) is 8.58. The minimum atomic E-state index is -1.38. The smallest absolute Gasteiger partial charge is 0.251 e. The lowest BCUT2D eigenvalue weighted by atomic mass is 10.3. The molecule has 6 nitrogen and oxygen atoms in total. The van der Waals surface area contributed by atoms with Gasteiger partial charge in [-0.15, -0.1) is 10.2 Å². The summed E-state index contributed by atoms with van der Waals surface area (Å²) >= 11 is 0. The second kappa shape index (κ2) is 4.36. The molecule has 0 aromatic carbocycles. The molecule has 9 heteroatoms. The van der Waals surface area contributed by atoms with Gasteiger partial charge in [0.15, 0.2) is 23.3 Å². The van der Waals surface area contributed by atoms with Crippen LogP contribution in [0.3, 0.4) is 0 Å². The van der Waals surface area contributed by atoms with E-state index in [1.165, 1.54) is 0 Å². The van der Waals surface area contributed by atoms with Gasteiger partial charge >= 0.3 is 0 Å². The number of nitrogens with one attached hydrogen (secondary N) is 2. The number of hydrogen-bond acceptors (Lipinski definition) is 5. The third kappa shape index (κ3) is 2.32. The summed E-state index contributed by atoms with van der Waals surface area (Å²) in [4.78, 5) is 3.11. The molecule has 0 radical (unpaired) electrons. The summed E-state index contributed by atoms with van der Waals surface area (Å²) in [5.74, 6) is -3.90. The molecule has 0 bridgehead atoms. The van der Waals surface area contributed by atoms with Crippen molar-refractivity contribution < 1.29 is 13.2 Å². The van der Waals surface area contributed by atoms with Crippen LogP contribution in [0.4, 0.5) is 19.0 Å². The Hall–Kier alpha value is -2.19. The van der Waals surface area contributed by atoms with Gasteiger partial charge in [0.2, 0.25) is 0 Å². The van der Waals surface area contributed by atoms with Crippen molar-refractivity contribution >= 4 is 5.82 Å². The van der Waals surface area contributed by atoms with Gasteiger partial charge in [-0.3, -0.25) is 0 Å². The lowest BCUT2D eigenvalue weighted by molar-refractivity contribution is 0.465. The Labute approximate surface area is 93.3 Å². The minimum absolute atomic E-state index is 0.246. The van der Waals surface area contributed by atoms with Crippen molar-refractivity contribution in [2.45, 2.75) is 13.0 Å². The van der Waals surface area contributed by atoms with Gasteiger partial charge in [-0.2, -0.15) is 14.6 Å². The second-order valence-corrected chi connectivity index (χ2v) is 3.23. The Balaban J connectivity index is 2.22. The normalized spacial score (nSPS) is 12.5. The first-order chi connectivity index (χ1) is 8.08. The van der Waals surface area contributed by atoms with Crippen LogP contribution in [0.25, 0.3) is 0 Å². The molecule has 0 fully saturated rings. The van der Waals surface area contributed by atoms with E-state index in [0.29, 0.717) is 6.07 Å². The van der Waals surface area contributed by atoms with Crippen LogP contribution in [0.2, 0.25) is 0 Å². The van der Waals surface area contributed by atoms with Crippen LogP contribution in [0, 0.1) is 17.6 Å². The molecule has 0 saturated carbocycles. The highest BCUT2D eigenvalue weighted by molar-refractivity contribution is 5.37. The summed E-state index contributed by atoms with van der Waals surface area (Å²) in [6.07, 6.45) is 0. The summed E-state index contributed by atoms with van der Waals surface area (Å²) in [5, 5.41) is 15.3. The lowest BCUT2D eigenvalue weighted by Crippen LogP contribution is -2.12. The van der Waals surface area contributed by atoms with Crippen molar-refractivity contribution in [3.63, 3.8) is 0 Å². The highest BCUT2D eigenvalue weighted by Crippen LogP contribution is 2.18. The van der Waals surface area contributed by atoms with Crippen LogP contribution in [0.1, 0.15) is 18.8 Å². The number of anilines is 1. The lowest BCUT2D eigenvalue weighted by Gasteiger charge is -2.11. The summed E-state index contributed by atoms with van der Waals surface area (Å²) in [6.45, 7) is 1.59. The van der Waals surface area contributed by atoms with E-state index in [9.17, 15) is 13.2 Å². The van der Waals surface area contributed by atoms with E-state index < -0.39 is 29.4 Å². The van der Waals surface area contributed by atoms with E-state index in [4.69, 9.17) is 0 Å². The van der Waals surface area contributed by atoms with Gasteiger partial charge in [0.05, 0.1) is 6.04 Å². The number of hydrogen-bond donors (Lipinski definition) is 2. The average molecular weight is 244 g/mol. The number of nitrogens with zero attached hydrogens (tertiary/aromatic N) is 4. The van der Waals surface area contributed by atoms with Crippen LogP contribution in [-0.4, -0.2) is 25.6 Å². The van der Waals surface area contributed by atoms with E-state index >= 15 is 0 Å². The summed E-state index contributed by atoms with van der Waals surface area (Å²) in [5.41, 5.74) is 0. The third-order valence-electron chi connectivity index (χ3n) is 1.99. The zero-order chi connectivity index (χ0) is 12.4. The Bertz CT molecular complexity index is 514. The van der Waals surface area contributed by atoms with E-state index in [0.717, 1.165) is 0 Å². The van der Waals surface area contributed by atoms with Crippen molar-refractivity contribution in [1.82, 2.24) is 25.6 Å². The van der Waals surface area contributed by atoms with Crippen molar-refractivity contribution in [3.05, 3.63) is 29.5 Å². The standard InChI is InChI=1S/C8H7F3N6/c1-3(7-14-16-17-15-7)12-8-5(10)2-4(9)6(11)13-8/h2-3H,1H3,(H,12,13)(H,14,15,16,17). The maximum atomic E-state index is 13.2. The molecular formula is C8H7F3N6. The fourth-order valence-electron chi connectivity index (χ4n) is 1.17. The largest absolute Gasteiger partial charge is 0.358 e. The molecule has 2 rings (SSSR count). The molecule has 17 heavy (non-hydrogen) atoms. The molecule has 2 N–H and O–H groups in total. The first-order valence-corrected chi connectivity index (χ1v) is 4.59. The van der Waals surface area contributed by atoms with E-state index in [-0.39, 0.29) is 5.82 Å². The van der Waals surface area contributed by atoms with Crippen molar-refractivity contribution in [2.75, 3.05) is 5.32 Å². The highest BCUT2D eigenvalue weighted by atomic mass is 19.2. The number of halogens is 3. The Kier molecular flexibility index (Phi) is 2.90. The molecule has 0 aliphatic rings. The first-order valence-electron chi connectivity index (χ1n) is 4.59. The van der Waals surface area contributed by atoms with Gasteiger partial charge in [0.25, 0.3) is 5.95 Å². The van der Waals surface area contributed by atoms with Crippen LogP contribution in [-0.2, 0) is 0 Å². The van der Waals surface area contributed by atoms with E-state index in [1.54, 1.807) is 6.92 Å². The van der Waals surface area contributed by atoms with E-state index in [2.05, 4.69) is 30.9 Å². The van der Waals surface area contributed by atoms with Crippen LogP contribution in [0.5, 0.6) is 0 Å². The van der Waals surface area contributed by atoms with Gasteiger partial charge in [0.1, 0.15) is 0 Å². The van der Waals surface area contributed by atoms with E-state index in [1.807, 2.05) is 0 Å². The van der Waals surface area contributed by atoms with Crippen molar-refractivity contribution in [2.24, 2.45) is 0 Å². The number of pyridine rings is 1. The minimum Gasteiger partial charge on any atom is -0.358 e. The SMILES string of the molecule is CC(Nc1nc(F)c(F)cc1F)c1nn[nH]n1. The van der Waals surface area contributed by atoms with Gasteiger partial charge in [-0.25, -0.2) is 8.78 Å². The van der Waals surface area contributed by atoms with Crippen LogP contribution < -0.4 is 5.32 Å². The molecule has 1 atom stereocenters. The molecule has 2 aromatic heterocycles. The monoisotopic (exact) mass is 244 g/mol. The zero-order valence-corrected chi connectivity index (χ0v) is 8.58. The average Bonchev–Trinajstić information content (AvgIpc) is 2.79. The molecular weight excluding hydrogens is 237 g/mol. The third-order valence-corrected chi connectivity index (χ3v) is 1.99. The molecule has 2 aromatic rings. The quantitative estimate of drug-likeness (QED) is 0.792. The molecule has 0 amide bonds. The number of H-pyrrole nitrogens is 1. The Morgan fingerprint density at radius 3 is 2.71 bits per heavy atom. The number of tetrazole rings is 1. The van der Waals surface area contributed by atoms with Gasteiger partial charge in [-0.1, -0.05) is 5.21 Å². The summed E-state index contributed by atoms with van der Waals surface area (Å²) < 4.78 is 38.7. The molecule has 2 heterocycles. The topological polar surface area (TPSA) is 79.4 Å². The van der Waals surface area contributed by atoms with Crippen LogP contribution in [0.15, 0.2) is 6.07 Å². The van der Waals surface area contributed by atoms with Gasteiger partial charge in [0, 0.05) is 6.07 Å². The second-order valence-electron chi connectivity index (χ2n) is 3.23. The molecule has 90 valence electrons. The Morgan fingerprint density at radius 1 is 1.29 bits per heavy atom. The molecule has 0 spiro atoms. The number of aromatic nitrogens is 5. The van der Waals surface area contributed by atoms with Gasteiger partial charge in [-0.05, 0) is 6.92 Å².